The summed E-state index contributed by atoms with van der Waals surface area (Å²) < 4.78 is 0. The third-order valence-corrected chi connectivity index (χ3v) is 6.06. The zero-order valence-electron chi connectivity index (χ0n) is 18.2. The number of halogens is 1. The van der Waals surface area contributed by atoms with Crippen LogP contribution in [0.2, 0.25) is 5.02 Å². The van der Waals surface area contributed by atoms with Crippen LogP contribution in [-0.2, 0) is 11.3 Å². The fraction of sp³-hybridized carbons (Fsp3) is 0.240. The summed E-state index contributed by atoms with van der Waals surface area (Å²) >= 11 is 6.03. The molecule has 3 aromatic rings. The van der Waals surface area contributed by atoms with E-state index in [4.69, 9.17) is 17.3 Å². The van der Waals surface area contributed by atoms with Crippen LogP contribution in [0, 0.1) is 0 Å². The first-order valence-corrected chi connectivity index (χ1v) is 11.2. The van der Waals surface area contributed by atoms with E-state index in [1.54, 1.807) is 11.0 Å². The van der Waals surface area contributed by atoms with Crippen molar-refractivity contribution in [3.8, 4) is 0 Å². The van der Waals surface area contributed by atoms with Crippen molar-refractivity contribution in [1.82, 2.24) is 20.1 Å². The lowest BCUT2D eigenvalue weighted by molar-refractivity contribution is -0.127. The minimum absolute atomic E-state index is 0.0562. The summed E-state index contributed by atoms with van der Waals surface area (Å²) in [6.45, 7) is 2.60. The Balaban J connectivity index is 1.44. The Morgan fingerprint density at radius 3 is 2.27 bits per heavy atom. The minimum atomic E-state index is -0.431. The van der Waals surface area contributed by atoms with E-state index >= 15 is 0 Å². The minimum Gasteiger partial charge on any atom is -0.382 e. The molecule has 1 atom stereocenters. The lowest BCUT2D eigenvalue weighted by atomic mass is 10.0. The molecule has 1 aliphatic heterocycles. The lowest BCUT2D eigenvalue weighted by Crippen LogP contribution is -2.52. The number of carbonyl (C=O) groups is 2. The molecule has 0 radical (unpaired) electrons. The monoisotopic (exact) mass is 463 g/mol. The van der Waals surface area contributed by atoms with Crippen LogP contribution in [-0.4, -0.2) is 52.8 Å². The fourth-order valence-corrected chi connectivity index (χ4v) is 4.14. The Morgan fingerprint density at radius 2 is 1.64 bits per heavy atom. The normalized spacial score (nSPS) is 15.1. The van der Waals surface area contributed by atoms with E-state index in [0.717, 1.165) is 11.1 Å². The number of nitrogens with two attached hydrogens (primary N) is 1. The zero-order chi connectivity index (χ0) is 23.2. The molecule has 1 aliphatic rings. The molecule has 1 fully saturated rings. The van der Waals surface area contributed by atoms with Crippen LogP contribution >= 0.6 is 11.6 Å². The smallest absolute Gasteiger partial charge is 0.255 e. The van der Waals surface area contributed by atoms with Crippen LogP contribution in [0.15, 0.2) is 72.9 Å². The van der Waals surface area contributed by atoms with Gasteiger partial charge >= 0.3 is 0 Å². The molecular formula is C25H26ClN5O2. The highest BCUT2D eigenvalue weighted by Gasteiger charge is 2.32. The van der Waals surface area contributed by atoms with Gasteiger partial charge in [0.1, 0.15) is 11.9 Å². The maximum Gasteiger partial charge on any atom is 0.255 e. The zero-order valence-corrected chi connectivity index (χ0v) is 18.9. The summed E-state index contributed by atoms with van der Waals surface area (Å²) in [6, 6.07) is 20.7. The number of nitrogen functional groups attached to an aromatic ring is 1. The van der Waals surface area contributed by atoms with Crippen molar-refractivity contribution >= 4 is 29.2 Å². The summed E-state index contributed by atoms with van der Waals surface area (Å²) in [5.41, 5.74) is 8.03. The maximum atomic E-state index is 13.3. The summed E-state index contributed by atoms with van der Waals surface area (Å²) in [5.74, 6) is -0.00144. The van der Waals surface area contributed by atoms with Gasteiger partial charge in [-0.2, -0.15) is 0 Å². The third-order valence-electron chi connectivity index (χ3n) is 5.76. The average molecular weight is 464 g/mol. The first kappa shape index (κ1) is 22.8. The van der Waals surface area contributed by atoms with Crippen molar-refractivity contribution in [3.63, 3.8) is 0 Å². The summed E-state index contributed by atoms with van der Waals surface area (Å²) in [7, 11) is 0. The van der Waals surface area contributed by atoms with Gasteiger partial charge in [0.15, 0.2) is 0 Å². The van der Waals surface area contributed by atoms with Gasteiger partial charge in [-0.25, -0.2) is 4.98 Å². The molecule has 33 heavy (non-hydrogen) atoms. The molecule has 3 N–H and O–H groups in total. The van der Waals surface area contributed by atoms with Crippen LogP contribution in [0.5, 0.6) is 0 Å². The van der Waals surface area contributed by atoms with Crippen LogP contribution in [0.25, 0.3) is 0 Å². The first-order valence-electron chi connectivity index (χ1n) is 10.8. The number of rotatable bonds is 6. The highest BCUT2D eigenvalue weighted by Crippen LogP contribution is 2.24. The second-order valence-corrected chi connectivity index (χ2v) is 8.34. The number of hydrogen-bond donors (Lipinski definition) is 2. The molecular weight excluding hydrogens is 438 g/mol. The SMILES string of the molecule is Nc1ncc(C(=O)N2CCN([C@@H](C(=O)NCc3ccccc3)c3ccccc3)CC2)cc1Cl. The Bertz CT molecular complexity index is 1100. The molecule has 0 unspecified atom stereocenters. The highest BCUT2D eigenvalue weighted by molar-refractivity contribution is 6.33. The van der Waals surface area contributed by atoms with E-state index < -0.39 is 6.04 Å². The van der Waals surface area contributed by atoms with Crippen molar-refractivity contribution in [2.45, 2.75) is 12.6 Å². The van der Waals surface area contributed by atoms with Crippen molar-refractivity contribution < 1.29 is 9.59 Å². The first-order chi connectivity index (χ1) is 16.0. The molecule has 0 spiro atoms. The van der Waals surface area contributed by atoms with Gasteiger partial charge in [0.25, 0.3) is 5.91 Å². The van der Waals surface area contributed by atoms with E-state index in [0.29, 0.717) is 38.3 Å². The topological polar surface area (TPSA) is 91.6 Å². The quantitative estimate of drug-likeness (QED) is 0.586. The van der Waals surface area contributed by atoms with E-state index in [1.165, 1.54) is 6.20 Å². The van der Waals surface area contributed by atoms with Crippen molar-refractivity contribution in [2.24, 2.45) is 0 Å². The van der Waals surface area contributed by atoms with Gasteiger partial charge < -0.3 is 16.0 Å². The molecule has 0 aliphatic carbocycles. The van der Waals surface area contributed by atoms with Crippen molar-refractivity contribution in [3.05, 3.63) is 94.6 Å². The number of piperazine rings is 1. The van der Waals surface area contributed by atoms with Crippen LogP contribution in [0.3, 0.4) is 0 Å². The van der Waals surface area contributed by atoms with Crippen molar-refractivity contribution in [1.29, 1.82) is 0 Å². The Morgan fingerprint density at radius 1 is 1.00 bits per heavy atom. The van der Waals surface area contributed by atoms with Gasteiger partial charge in [0, 0.05) is 38.9 Å². The molecule has 4 rings (SSSR count). The van der Waals surface area contributed by atoms with E-state index in [1.807, 2.05) is 60.7 Å². The predicted molar refractivity (Wildman–Crippen MR) is 129 cm³/mol. The number of nitrogens with one attached hydrogen (secondary N) is 1. The van der Waals surface area contributed by atoms with Gasteiger partial charge in [-0.1, -0.05) is 72.3 Å². The number of aromatic nitrogens is 1. The third kappa shape index (κ3) is 5.50. The highest BCUT2D eigenvalue weighted by atomic mass is 35.5. The fourth-order valence-electron chi connectivity index (χ4n) is 3.98. The van der Waals surface area contributed by atoms with E-state index in [9.17, 15) is 9.59 Å². The van der Waals surface area contributed by atoms with Crippen LogP contribution < -0.4 is 11.1 Å². The number of anilines is 1. The van der Waals surface area contributed by atoms with Gasteiger partial charge in [0.05, 0.1) is 10.6 Å². The molecule has 8 heteroatoms. The summed E-state index contributed by atoms with van der Waals surface area (Å²) in [4.78, 5) is 34.0. The van der Waals surface area contributed by atoms with E-state index in [-0.39, 0.29) is 22.7 Å². The molecule has 1 aromatic heterocycles. The van der Waals surface area contributed by atoms with Gasteiger partial charge in [-0.15, -0.1) is 0 Å². The molecule has 1 saturated heterocycles. The van der Waals surface area contributed by atoms with Gasteiger partial charge in [-0.05, 0) is 17.2 Å². The van der Waals surface area contributed by atoms with Crippen LogP contribution in [0.1, 0.15) is 27.5 Å². The number of pyridine rings is 1. The molecule has 2 aromatic carbocycles. The summed E-state index contributed by atoms with van der Waals surface area (Å²) in [6.07, 6.45) is 1.44. The van der Waals surface area contributed by atoms with Crippen molar-refractivity contribution in [2.75, 3.05) is 31.9 Å². The number of amides is 2. The number of nitrogens with zero attached hydrogens (tertiary/aromatic N) is 3. The molecule has 170 valence electrons. The molecule has 7 nitrogen and oxygen atoms in total. The molecule has 0 saturated carbocycles. The lowest BCUT2D eigenvalue weighted by Gasteiger charge is -2.38. The molecule has 2 amide bonds. The maximum absolute atomic E-state index is 13.3. The molecule has 0 bridgehead atoms. The van der Waals surface area contributed by atoms with E-state index in [2.05, 4.69) is 15.2 Å². The Labute approximate surface area is 198 Å². The average Bonchev–Trinajstić information content (AvgIpc) is 2.86. The predicted octanol–water partition coefficient (Wildman–Crippen LogP) is 3.13. The standard InChI is InChI=1S/C25H26ClN5O2/c26-21-15-20(17-28-23(21)27)25(33)31-13-11-30(12-14-31)22(19-9-5-2-6-10-19)24(32)29-16-18-7-3-1-4-8-18/h1-10,15,17,22H,11-14,16H2,(H2,27,28)(H,29,32)/t22-/m1/s1. The largest absolute Gasteiger partial charge is 0.382 e. The van der Waals surface area contributed by atoms with Gasteiger partial charge in [0.2, 0.25) is 5.91 Å². The molecule has 2 heterocycles. The second-order valence-electron chi connectivity index (χ2n) is 7.94. The number of carbonyl (C=O) groups excluding carboxylic acids is 2. The summed E-state index contributed by atoms with van der Waals surface area (Å²) in [5, 5.41) is 3.33. The number of benzene rings is 2. The Hall–Kier alpha value is -3.42. The Kier molecular flexibility index (Phi) is 7.22. The van der Waals surface area contributed by atoms with Crippen LogP contribution in [0.4, 0.5) is 5.82 Å². The van der Waals surface area contributed by atoms with Gasteiger partial charge in [-0.3, -0.25) is 14.5 Å². The number of hydrogen-bond acceptors (Lipinski definition) is 5. The second kappa shape index (κ2) is 10.5.